The van der Waals surface area contributed by atoms with Gasteiger partial charge in [-0.25, -0.2) is 9.13 Å². The molecule has 0 saturated carbocycles. The molecule has 0 saturated heterocycles. The number of esters is 4. The number of carbonyl (C=O) groups is 4. The van der Waals surface area contributed by atoms with E-state index < -0.39 is 97.5 Å². The van der Waals surface area contributed by atoms with Gasteiger partial charge in [0.15, 0.2) is 12.2 Å². The molecule has 0 spiro atoms. The minimum absolute atomic E-state index is 0.106. The van der Waals surface area contributed by atoms with Crippen molar-refractivity contribution in [2.45, 2.75) is 425 Å². The summed E-state index contributed by atoms with van der Waals surface area (Å²) in [5.74, 6) is -1.38. The Morgan fingerprint density at radius 3 is 0.740 bits per heavy atom. The van der Waals surface area contributed by atoms with Crippen LogP contribution in [-0.2, 0) is 65.4 Å². The minimum atomic E-state index is -4.96. The number of phosphoric ester groups is 2. The number of carbonyl (C=O) groups excluding carboxylic acids is 4. The molecule has 3 unspecified atom stereocenters. The Labute approximate surface area is 588 Å². The molecule has 0 aliphatic carbocycles. The summed E-state index contributed by atoms with van der Waals surface area (Å²) >= 11 is 0. The van der Waals surface area contributed by atoms with Crippen molar-refractivity contribution < 1.29 is 80.2 Å². The first-order valence-corrected chi connectivity index (χ1v) is 43.2. The van der Waals surface area contributed by atoms with Gasteiger partial charge in [-0.1, -0.05) is 356 Å². The lowest BCUT2D eigenvalue weighted by Crippen LogP contribution is -2.30. The first kappa shape index (κ1) is 94.1. The van der Waals surface area contributed by atoms with Gasteiger partial charge < -0.3 is 33.8 Å². The van der Waals surface area contributed by atoms with E-state index in [1.165, 1.54) is 225 Å². The summed E-state index contributed by atoms with van der Waals surface area (Å²) in [6, 6.07) is 0. The summed E-state index contributed by atoms with van der Waals surface area (Å²) in [4.78, 5) is 72.8. The summed E-state index contributed by atoms with van der Waals surface area (Å²) in [7, 11) is -9.91. The van der Waals surface area contributed by atoms with E-state index in [4.69, 9.17) is 37.0 Å². The lowest BCUT2D eigenvalue weighted by atomic mass is 10.00. The zero-order chi connectivity index (χ0) is 70.5. The Balaban J connectivity index is 5.20. The van der Waals surface area contributed by atoms with Crippen LogP contribution in [0.25, 0.3) is 0 Å². The lowest BCUT2D eigenvalue weighted by molar-refractivity contribution is -0.161. The number of aliphatic hydroxyl groups excluding tert-OH is 1. The van der Waals surface area contributed by atoms with Gasteiger partial charge in [0, 0.05) is 25.7 Å². The van der Waals surface area contributed by atoms with Gasteiger partial charge in [0.05, 0.1) is 26.4 Å². The molecule has 0 fully saturated rings. The molecular weight excluding hydrogens is 1260 g/mol. The summed E-state index contributed by atoms with van der Waals surface area (Å²) in [5.41, 5.74) is 0. The van der Waals surface area contributed by atoms with Crippen molar-refractivity contribution >= 4 is 39.5 Å². The molecule has 96 heavy (non-hydrogen) atoms. The van der Waals surface area contributed by atoms with E-state index in [1.807, 2.05) is 0 Å². The second-order valence-electron chi connectivity index (χ2n) is 28.0. The molecule has 3 N–H and O–H groups in total. The lowest BCUT2D eigenvalue weighted by Gasteiger charge is -2.21. The van der Waals surface area contributed by atoms with Crippen molar-refractivity contribution in [1.82, 2.24) is 0 Å². The Kier molecular flexibility index (Phi) is 68.7. The number of hydrogen-bond donors (Lipinski definition) is 3. The summed E-state index contributed by atoms with van der Waals surface area (Å²) in [5, 5.41) is 10.6. The highest BCUT2D eigenvalue weighted by molar-refractivity contribution is 7.47. The summed E-state index contributed by atoms with van der Waals surface area (Å²) in [6.45, 7) is 7.25. The van der Waals surface area contributed by atoms with Crippen LogP contribution >= 0.6 is 15.6 Å². The number of aliphatic hydroxyl groups is 1. The van der Waals surface area contributed by atoms with E-state index in [-0.39, 0.29) is 25.7 Å². The molecule has 0 aromatic carbocycles. The van der Waals surface area contributed by atoms with Gasteiger partial charge in [0.2, 0.25) is 0 Å². The highest BCUT2D eigenvalue weighted by atomic mass is 31.2. The van der Waals surface area contributed by atoms with Crippen molar-refractivity contribution in [3.8, 4) is 0 Å². The Bertz CT molecular complexity index is 1840. The van der Waals surface area contributed by atoms with E-state index in [0.29, 0.717) is 25.7 Å². The fourth-order valence-corrected chi connectivity index (χ4v) is 13.4. The van der Waals surface area contributed by atoms with Gasteiger partial charge >= 0.3 is 39.5 Å². The van der Waals surface area contributed by atoms with E-state index in [2.05, 4.69) is 34.6 Å². The molecule has 0 aromatic heterocycles. The van der Waals surface area contributed by atoms with Crippen molar-refractivity contribution in [2.75, 3.05) is 39.6 Å². The topological polar surface area (TPSA) is 237 Å². The molecule has 0 aromatic rings. The zero-order valence-corrected chi connectivity index (χ0v) is 64.3. The molecule has 0 rings (SSSR count). The Morgan fingerprint density at radius 2 is 0.500 bits per heavy atom. The fourth-order valence-electron chi connectivity index (χ4n) is 11.8. The number of unbranched alkanes of at least 4 members (excludes halogenated alkanes) is 48. The van der Waals surface area contributed by atoms with E-state index in [1.54, 1.807) is 0 Å². The molecule has 0 amide bonds. The summed E-state index contributed by atoms with van der Waals surface area (Å²) < 4.78 is 68.5. The standard InChI is InChI=1S/C77H150O17P2/c1-6-10-13-16-19-22-25-27-29-30-31-32-33-34-35-37-40-43-46-53-58-63-77(82)93-72(66-87-74(79)60-55-50-44-41-39-36-28-26-23-20-17-14-11-7-2)68-91-95(83,84)89-64-71(78)65-90-96(85,86)92-69-73(67-88-75(80)61-56-51-48-47-49-54-59-70(5)9-4)94-76(81)62-57-52-45-42-38-24-21-18-15-12-8-3/h70-73,78H,6-69H2,1-5H3,(H,83,84)(H,85,86)/t70?,71-,72-,73-/m1/s1. The highest BCUT2D eigenvalue weighted by Gasteiger charge is 2.30. The third kappa shape index (κ3) is 69.2. The molecular formula is C77H150O17P2. The second kappa shape index (κ2) is 70.1. The number of hydrogen-bond acceptors (Lipinski definition) is 15. The van der Waals surface area contributed by atoms with Crippen molar-refractivity contribution in [3.05, 3.63) is 0 Å². The van der Waals surface area contributed by atoms with Crippen LogP contribution in [0.1, 0.15) is 407 Å². The molecule has 19 heteroatoms. The average Bonchev–Trinajstić information content (AvgIpc) is 1.19. The van der Waals surface area contributed by atoms with Crippen LogP contribution in [0.3, 0.4) is 0 Å². The largest absolute Gasteiger partial charge is 0.472 e. The van der Waals surface area contributed by atoms with Gasteiger partial charge in [-0.05, 0) is 31.6 Å². The first-order chi connectivity index (χ1) is 46.6. The molecule has 6 atom stereocenters. The predicted molar refractivity (Wildman–Crippen MR) is 391 cm³/mol. The molecule has 0 bridgehead atoms. The van der Waals surface area contributed by atoms with Gasteiger partial charge in [-0.15, -0.1) is 0 Å². The number of rotatable bonds is 77. The van der Waals surface area contributed by atoms with Crippen LogP contribution < -0.4 is 0 Å². The third-order valence-electron chi connectivity index (χ3n) is 18.4. The fraction of sp³-hybridized carbons (Fsp3) is 0.948. The first-order valence-electron chi connectivity index (χ1n) is 40.2. The van der Waals surface area contributed by atoms with Gasteiger partial charge in [-0.2, -0.15) is 0 Å². The van der Waals surface area contributed by atoms with E-state index in [0.717, 1.165) is 102 Å². The van der Waals surface area contributed by atoms with Gasteiger partial charge in [0.1, 0.15) is 19.3 Å². The molecule has 0 aliphatic heterocycles. The monoisotopic (exact) mass is 1410 g/mol. The van der Waals surface area contributed by atoms with Gasteiger partial charge in [-0.3, -0.25) is 37.3 Å². The molecule has 17 nitrogen and oxygen atoms in total. The third-order valence-corrected chi connectivity index (χ3v) is 20.3. The van der Waals surface area contributed by atoms with Crippen LogP contribution in [0.5, 0.6) is 0 Å². The molecule has 0 radical (unpaired) electrons. The zero-order valence-electron chi connectivity index (χ0n) is 62.5. The Morgan fingerprint density at radius 1 is 0.292 bits per heavy atom. The van der Waals surface area contributed by atoms with Crippen LogP contribution in [0.2, 0.25) is 0 Å². The normalized spacial score (nSPS) is 14.2. The average molecular weight is 1410 g/mol. The molecule has 570 valence electrons. The van der Waals surface area contributed by atoms with Crippen LogP contribution in [0.15, 0.2) is 0 Å². The minimum Gasteiger partial charge on any atom is -0.462 e. The maximum Gasteiger partial charge on any atom is 0.472 e. The second-order valence-corrected chi connectivity index (χ2v) is 30.9. The van der Waals surface area contributed by atoms with E-state index >= 15 is 0 Å². The maximum absolute atomic E-state index is 13.1. The summed E-state index contributed by atoms with van der Waals surface area (Å²) in [6.07, 6.45) is 59.7. The van der Waals surface area contributed by atoms with Gasteiger partial charge in [0.25, 0.3) is 0 Å². The molecule has 0 aliphatic rings. The van der Waals surface area contributed by atoms with Crippen molar-refractivity contribution in [1.29, 1.82) is 0 Å². The number of ether oxygens (including phenoxy) is 4. The van der Waals surface area contributed by atoms with Crippen LogP contribution in [-0.4, -0.2) is 96.7 Å². The quantitative estimate of drug-likeness (QED) is 0.0222. The highest BCUT2D eigenvalue weighted by Crippen LogP contribution is 2.45. The van der Waals surface area contributed by atoms with Crippen LogP contribution in [0, 0.1) is 5.92 Å². The van der Waals surface area contributed by atoms with E-state index in [9.17, 15) is 43.2 Å². The Hall–Kier alpha value is -1.94. The smallest absolute Gasteiger partial charge is 0.462 e. The SMILES string of the molecule is CCCCCCCCCCCCCCCCCCCCCCCC(=O)O[C@H](COC(=O)CCCCCCCCCCCCCCCC)COP(=O)(O)OC[C@@H](O)COP(=O)(O)OC[C@@H](COC(=O)CCCCCCCCC(C)CC)OC(=O)CCCCCCCCCCCCC. The van der Waals surface area contributed by atoms with Crippen molar-refractivity contribution in [3.63, 3.8) is 0 Å². The van der Waals surface area contributed by atoms with Crippen molar-refractivity contribution in [2.24, 2.45) is 5.92 Å². The predicted octanol–water partition coefficient (Wildman–Crippen LogP) is 22.9. The van der Waals surface area contributed by atoms with Crippen LogP contribution in [0.4, 0.5) is 0 Å². The number of phosphoric acid groups is 2. The molecule has 0 heterocycles. The maximum atomic E-state index is 13.1.